The molecule has 0 bridgehead atoms. The van der Waals surface area contributed by atoms with Crippen LogP contribution in [0.3, 0.4) is 0 Å². The predicted octanol–water partition coefficient (Wildman–Crippen LogP) is 6.04. The molecule has 5 rings (SSSR count). The Morgan fingerprint density at radius 2 is 1.68 bits per heavy atom. The van der Waals surface area contributed by atoms with Gasteiger partial charge in [0.1, 0.15) is 4.70 Å². The van der Waals surface area contributed by atoms with Crippen LogP contribution in [0.1, 0.15) is 16.7 Å². The van der Waals surface area contributed by atoms with Crippen LogP contribution in [-0.2, 0) is 11.2 Å². The first-order valence-corrected chi connectivity index (χ1v) is 14.4. The number of aromatic nitrogens is 3. The van der Waals surface area contributed by atoms with E-state index in [1.54, 1.807) is 4.57 Å². The fourth-order valence-corrected chi connectivity index (χ4v) is 6.28. The first-order chi connectivity index (χ1) is 18.4. The van der Waals surface area contributed by atoms with Crippen molar-refractivity contribution in [2.45, 2.75) is 25.4 Å². The fourth-order valence-electron chi connectivity index (χ4n) is 4.15. The van der Waals surface area contributed by atoms with E-state index in [1.807, 2.05) is 97.3 Å². The molecule has 0 saturated carbocycles. The lowest BCUT2D eigenvalue weighted by Gasteiger charge is -2.14. The fraction of sp³-hybridized carbons (Fsp3) is 0.172. The zero-order valence-electron chi connectivity index (χ0n) is 21.0. The lowest BCUT2D eigenvalue weighted by molar-refractivity contribution is -0.118. The molecule has 0 fully saturated rings. The van der Waals surface area contributed by atoms with E-state index in [9.17, 15) is 9.59 Å². The van der Waals surface area contributed by atoms with Gasteiger partial charge in [0.2, 0.25) is 5.91 Å². The van der Waals surface area contributed by atoms with Gasteiger partial charge in [0, 0.05) is 6.54 Å². The largest absolute Gasteiger partial charge is 0.355 e. The second-order valence-corrected chi connectivity index (χ2v) is 11.5. The lowest BCUT2D eigenvalue weighted by atomic mass is 10.1. The van der Waals surface area contributed by atoms with Crippen LogP contribution in [0.25, 0.3) is 21.7 Å². The smallest absolute Gasteiger partial charge is 0.278 e. The van der Waals surface area contributed by atoms with E-state index < -0.39 is 0 Å². The molecule has 1 amide bonds. The first-order valence-electron chi connectivity index (χ1n) is 12.2. The Bertz CT molecular complexity index is 1720. The number of benzene rings is 3. The number of nitrogens with one attached hydrogen (secondary N) is 1. The van der Waals surface area contributed by atoms with Gasteiger partial charge in [-0.2, -0.15) is 0 Å². The van der Waals surface area contributed by atoms with Crippen LogP contribution >= 0.6 is 35.3 Å². The number of aryl methyl sites for hydroxylation is 2. The number of para-hydroxylation sites is 1. The molecular formula is C29H26N4O2S3. The summed E-state index contributed by atoms with van der Waals surface area (Å²) in [6.07, 6.45) is 0.752. The summed E-state index contributed by atoms with van der Waals surface area (Å²) in [6.45, 7) is 4.54. The average molecular weight is 559 g/mol. The molecule has 0 aliphatic carbocycles. The third-order valence-corrected chi connectivity index (χ3v) is 8.43. The molecule has 6 nitrogen and oxygen atoms in total. The van der Waals surface area contributed by atoms with Crippen molar-refractivity contribution in [1.29, 1.82) is 0 Å². The molecule has 2 aromatic heterocycles. The molecule has 1 N–H and O–H groups in total. The quantitative estimate of drug-likeness (QED) is 0.143. The van der Waals surface area contributed by atoms with Gasteiger partial charge < -0.3 is 5.32 Å². The van der Waals surface area contributed by atoms with Gasteiger partial charge in [-0.15, -0.1) is 0 Å². The van der Waals surface area contributed by atoms with Gasteiger partial charge in [-0.05, 0) is 61.8 Å². The summed E-state index contributed by atoms with van der Waals surface area (Å²) in [7, 11) is 0. The summed E-state index contributed by atoms with van der Waals surface area (Å²) in [5.74, 6) is 0.0187. The van der Waals surface area contributed by atoms with E-state index in [-0.39, 0.29) is 17.2 Å². The van der Waals surface area contributed by atoms with Crippen LogP contribution in [0.4, 0.5) is 0 Å². The summed E-state index contributed by atoms with van der Waals surface area (Å²) in [6, 6.07) is 25.6. The highest BCUT2D eigenvalue weighted by atomic mass is 32.2. The Kier molecular flexibility index (Phi) is 7.87. The summed E-state index contributed by atoms with van der Waals surface area (Å²) in [5, 5.41) is 3.42. The molecule has 3 aromatic carbocycles. The number of hydrogen-bond donors (Lipinski definition) is 1. The van der Waals surface area contributed by atoms with E-state index in [0.29, 0.717) is 31.7 Å². The Hall–Kier alpha value is -3.53. The maximum atomic E-state index is 13.8. The number of thioether (sulfide) groups is 1. The van der Waals surface area contributed by atoms with Crippen LogP contribution in [0.15, 0.2) is 88.8 Å². The molecule has 0 spiro atoms. The van der Waals surface area contributed by atoms with Crippen molar-refractivity contribution in [3.63, 3.8) is 0 Å². The van der Waals surface area contributed by atoms with Crippen molar-refractivity contribution in [2.75, 3.05) is 12.3 Å². The molecule has 0 aliphatic heterocycles. The SMILES string of the molecule is Cc1ccc(-n2c(SCC(=O)NCCc3ccccc3)nc3c(sc(=S)n3-c3ccccc3C)c2=O)cc1. The number of carbonyl (C=O) groups is 1. The number of nitrogens with zero attached hydrogens (tertiary/aromatic N) is 3. The van der Waals surface area contributed by atoms with Crippen molar-refractivity contribution in [1.82, 2.24) is 19.4 Å². The Balaban J connectivity index is 1.51. The van der Waals surface area contributed by atoms with Crippen LogP contribution < -0.4 is 10.9 Å². The van der Waals surface area contributed by atoms with E-state index in [0.717, 1.165) is 23.2 Å². The second kappa shape index (κ2) is 11.5. The van der Waals surface area contributed by atoms with E-state index in [1.165, 1.54) is 28.7 Å². The Morgan fingerprint density at radius 1 is 0.974 bits per heavy atom. The van der Waals surface area contributed by atoms with Crippen LogP contribution in [0.5, 0.6) is 0 Å². The highest BCUT2D eigenvalue weighted by Gasteiger charge is 2.20. The van der Waals surface area contributed by atoms with E-state index in [2.05, 4.69) is 5.32 Å². The first kappa shape index (κ1) is 26.1. The van der Waals surface area contributed by atoms with Crippen molar-refractivity contribution in [3.05, 3.63) is 110 Å². The van der Waals surface area contributed by atoms with Crippen molar-refractivity contribution in [2.24, 2.45) is 0 Å². The molecule has 38 heavy (non-hydrogen) atoms. The van der Waals surface area contributed by atoms with E-state index >= 15 is 0 Å². The highest BCUT2D eigenvalue weighted by molar-refractivity contribution is 7.99. The molecular weight excluding hydrogens is 533 g/mol. The molecule has 0 radical (unpaired) electrons. The van der Waals surface area contributed by atoms with Crippen molar-refractivity contribution >= 4 is 51.6 Å². The number of amides is 1. The molecule has 2 heterocycles. The maximum absolute atomic E-state index is 13.8. The standard InChI is InChI=1S/C29H26N4O2S3/c1-19-12-14-22(15-13-19)32-27(35)25-26(33(29(36)38-25)23-11-7-6-8-20(23)2)31-28(32)37-18-24(34)30-17-16-21-9-4-3-5-10-21/h3-15H,16-18H2,1-2H3,(H,30,34). The van der Waals surface area contributed by atoms with Gasteiger partial charge >= 0.3 is 0 Å². The molecule has 192 valence electrons. The van der Waals surface area contributed by atoms with E-state index in [4.69, 9.17) is 17.2 Å². The lowest BCUT2D eigenvalue weighted by Crippen LogP contribution is -2.28. The summed E-state index contributed by atoms with van der Waals surface area (Å²) in [4.78, 5) is 31.5. The van der Waals surface area contributed by atoms with Gasteiger partial charge in [-0.3, -0.25) is 18.7 Å². The summed E-state index contributed by atoms with van der Waals surface area (Å²) in [5.41, 5.74) is 5.17. The number of hydrogen-bond acceptors (Lipinski definition) is 6. The molecule has 0 aliphatic rings. The van der Waals surface area contributed by atoms with Gasteiger partial charge in [-0.1, -0.05) is 89.3 Å². The van der Waals surface area contributed by atoms with Crippen molar-refractivity contribution in [3.8, 4) is 11.4 Å². The topological polar surface area (TPSA) is 68.9 Å². The molecule has 5 aromatic rings. The monoisotopic (exact) mass is 558 g/mol. The summed E-state index contributed by atoms with van der Waals surface area (Å²) >= 11 is 8.19. The van der Waals surface area contributed by atoms with Gasteiger partial charge in [0.15, 0.2) is 14.8 Å². The minimum absolute atomic E-state index is 0.114. The van der Waals surface area contributed by atoms with Gasteiger partial charge in [0.25, 0.3) is 5.56 Å². The normalized spacial score (nSPS) is 11.1. The van der Waals surface area contributed by atoms with Crippen LogP contribution in [-0.4, -0.2) is 32.3 Å². The third kappa shape index (κ3) is 5.50. The second-order valence-electron chi connectivity index (χ2n) is 8.89. The minimum atomic E-state index is -0.200. The predicted molar refractivity (Wildman–Crippen MR) is 159 cm³/mol. The molecule has 0 unspecified atom stereocenters. The van der Waals surface area contributed by atoms with Crippen LogP contribution in [0.2, 0.25) is 0 Å². The summed E-state index contributed by atoms with van der Waals surface area (Å²) < 4.78 is 4.47. The highest BCUT2D eigenvalue weighted by Crippen LogP contribution is 2.28. The van der Waals surface area contributed by atoms with Gasteiger partial charge in [0.05, 0.1) is 17.1 Å². The minimum Gasteiger partial charge on any atom is -0.355 e. The molecule has 9 heteroatoms. The van der Waals surface area contributed by atoms with Crippen molar-refractivity contribution < 1.29 is 4.79 Å². The number of carbonyl (C=O) groups excluding carboxylic acids is 1. The average Bonchev–Trinajstić information content (AvgIpc) is 3.25. The zero-order chi connectivity index (χ0) is 26.6. The molecule has 0 saturated heterocycles. The van der Waals surface area contributed by atoms with Crippen LogP contribution in [0, 0.1) is 17.8 Å². The zero-order valence-corrected chi connectivity index (χ0v) is 23.5. The maximum Gasteiger partial charge on any atom is 0.278 e. The third-order valence-electron chi connectivity index (χ3n) is 6.14. The number of fused-ring (bicyclic) bond motifs is 1. The number of thiazole rings is 1. The Labute approximate surface area is 234 Å². The molecule has 0 atom stereocenters. The Morgan fingerprint density at radius 3 is 2.42 bits per heavy atom. The van der Waals surface area contributed by atoms with Gasteiger partial charge in [-0.25, -0.2) is 4.98 Å². The number of rotatable bonds is 8.